The van der Waals surface area contributed by atoms with Crippen LogP contribution in [0, 0.1) is 19.3 Å². The second kappa shape index (κ2) is 5.63. The molecule has 2 aliphatic rings. The van der Waals surface area contributed by atoms with Gasteiger partial charge in [0.15, 0.2) is 0 Å². The van der Waals surface area contributed by atoms with Crippen LogP contribution in [0.3, 0.4) is 0 Å². The van der Waals surface area contributed by atoms with Crippen LogP contribution in [0.1, 0.15) is 47.6 Å². The topological polar surface area (TPSA) is 79.6 Å². The molecule has 23 heavy (non-hydrogen) atoms. The minimum Gasteiger partial charge on any atom is -0.466 e. The lowest BCUT2D eigenvalue weighted by molar-refractivity contribution is 0.0137. The highest BCUT2D eigenvalue weighted by Gasteiger charge is 2.47. The van der Waals surface area contributed by atoms with Crippen molar-refractivity contribution in [1.29, 1.82) is 0 Å². The first-order chi connectivity index (χ1) is 10.7. The molecular weight excluding hydrogens is 316 g/mol. The highest BCUT2D eigenvalue weighted by Crippen LogP contribution is 2.49. The first kappa shape index (κ1) is 16.5. The van der Waals surface area contributed by atoms with Gasteiger partial charge in [-0.1, -0.05) is 0 Å². The van der Waals surface area contributed by atoms with E-state index in [0.29, 0.717) is 11.3 Å². The summed E-state index contributed by atoms with van der Waals surface area (Å²) in [7, 11) is -3.13. The number of likely N-dealkylation sites (tertiary alicyclic amines) is 1. The van der Waals surface area contributed by atoms with Crippen LogP contribution in [-0.4, -0.2) is 44.6 Å². The summed E-state index contributed by atoms with van der Waals surface area (Å²) in [5, 5.41) is 0. The van der Waals surface area contributed by atoms with Crippen molar-refractivity contribution in [2.45, 2.75) is 45.6 Å². The molecule has 0 unspecified atom stereocenters. The molecule has 0 radical (unpaired) electrons. The van der Waals surface area contributed by atoms with Crippen LogP contribution in [0.25, 0.3) is 0 Å². The fraction of sp³-hybridized carbons (Fsp3) is 0.688. The van der Waals surface area contributed by atoms with Gasteiger partial charge in [0.05, 0.1) is 11.8 Å². The predicted octanol–water partition coefficient (Wildman–Crippen LogP) is 1.83. The van der Waals surface area contributed by atoms with Crippen LogP contribution in [0.2, 0.25) is 0 Å². The van der Waals surface area contributed by atoms with Crippen LogP contribution in [-0.2, 0) is 10.0 Å². The molecule has 128 valence electrons. The summed E-state index contributed by atoms with van der Waals surface area (Å²) in [6.45, 7) is 5.12. The Morgan fingerprint density at radius 1 is 1.30 bits per heavy atom. The molecule has 1 saturated carbocycles. The number of furan rings is 1. The van der Waals surface area contributed by atoms with Crippen LogP contribution < -0.4 is 4.72 Å². The lowest BCUT2D eigenvalue weighted by Gasteiger charge is -2.52. The van der Waals surface area contributed by atoms with Crippen molar-refractivity contribution in [2.24, 2.45) is 5.41 Å². The Labute approximate surface area is 137 Å². The number of carbonyl (C=O) groups excluding carboxylic acids is 1. The third-order valence-electron chi connectivity index (χ3n) is 5.12. The quantitative estimate of drug-likeness (QED) is 0.910. The minimum atomic E-state index is -3.13. The number of hydrogen-bond donors (Lipinski definition) is 1. The molecule has 1 spiro atoms. The Hall–Kier alpha value is -1.34. The largest absolute Gasteiger partial charge is 0.466 e. The van der Waals surface area contributed by atoms with E-state index in [-0.39, 0.29) is 17.4 Å². The average molecular weight is 340 g/mol. The zero-order valence-corrected chi connectivity index (χ0v) is 14.7. The average Bonchev–Trinajstić information content (AvgIpc) is 2.74. The summed E-state index contributed by atoms with van der Waals surface area (Å²) in [6, 6.07) is 1.86. The van der Waals surface area contributed by atoms with E-state index in [1.54, 1.807) is 6.07 Å². The van der Waals surface area contributed by atoms with Gasteiger partial charge in [-0.15, -0.1) is 0 Å². The third-order valence-corrected chi connectivity index (χ3v) is 5.88. The van der Waals surface area contributed by atoms with Gasteiger partial charge in [-0.25, -0.2) is 13.1 Å². The zero-order valence-electron chi connectivity index (χ0n) is 13.9. The third kappa shape index (κ3) is 3.45. The maximum Gasteiger partial charge on any atom is 0.257 e. The SMILES string of the molecule is Cc1cc(C(=O)N2CCC3(CC2)CC(NS(C)(=O)=O)C3)c(C)o1. The number of carbonyl (C=O) groups is 1. The van der Waals surface area contributed by atoms with Crippen molar-refractivity contribution in [3.8, 4) is 0 Å². The molecule has 7 heteroatoms. The molecule has 1 saturated heterocycles. The summed E-state index contributed by atoms with van der Waals surface area (Å²) < 4.78 is 30.7. The molecule has 1 amide bonds. The normalized spacial score (nSPS) is 21.4. The zero-order chi connectivity index (χ0) is 16.8. The van der Waals surface area contributed by atoms with Crippen LogP contribution >= 0.6 is 0 Å². The highest BCUT2D eigenvalue weighted by molar-refractivity contribution is 7.88. The maximum atomic E-state index is 12.6. The summed E-state index contributed by atoms with van der Waals surface area (Å²) in [5.41, 5.74) is 0.865. The Kier molecular flexibility index (Phi) is 4.04. The summed E-state index contributed by atoms with van der Waals surface area (Å²) in [6.07, 6.45) is 4.85. The number of nitrogens with one attached hydrogen (secondary N) is 1. The second-order valence-electron chi connectivity index (χ2n) is 7.11. The van der Waals surface area contributed by atoms with E-state index in [0.717, 1.165) is 44.5 Å². The summed E-state index contributed by atoms with van der Waals surface area (Å²) in [4.78, 5) is 14.5. The first-order valence-electron chi connectivity index (χ1n) is 8.01. The minimum absolute atomic E-state index is 0.0411. The van der Waals surface area contributed by atoms with E-state index in [4.69, 9.17) is 4.42 Å². The van der Waals surface area contributed by atoms with Crippen molar-refractivity contribution in [3.05, 3.63) is 23.2 Å². The van der Waals surface area contributed by atoms with Gasteiger partial charge in [0.2, 0.25) is 10.0 Å². The Morgan fingerprint density at radius 3 is 2.39 bits per heavy atom. The van der Waals surface area contributed by atoms with Gasteiger partial charge in [-0.3, -0.25) is 4.79 Å². The molecule has 1 aromatic rings. The summed E-state index contributed by atoms with van der Waals surface area (Å²) in [5.74, 6) is 1.47. The molecule has 2 heterocycles. The van der Waals surface area contributed by atoms with Crippen molar-refractivity contribution in [1.82, 2.24) is 9.62 Å². The molecule has 0 aromatic carbocycles. The Balaban J connectivity index is 1.55. The Morgan fingerprint density at radius 2 is 1.91 bits per heavy atom. The molecule has 2 fully saturated rings. The monoisotopic (exact) mass is 340 g/mol. The first-order valence-corrected chi connectivity index (χ1v) is 9.90. The molecule has 1 aromatic heterocycles. The maximum absolute atomic E-state index is 12.6. The van der Waals surface area contributed by atoms with Gasteiger partial charge in [-0.2, -0.15) is 0 Å². The number of nitrogens with zero attached hydrogens (tertiary/aromatic N) is 1. The number of rotatable bonds is 3. The second-order valence-corrected chi connectivity index (χ2v) is 8.89. The number of piperidine rings is 1. The molecule has 0 atom stereocenters. The molecule has 0 bridgehead atoms. The van der Waals surface area contributed by atoms with E-state index in [2.05, 4.69) is 4.72 Å². The van der Waals surface area contributed by atoms with Gasteiger partial charge >= 0.3 is 0 Å². The molecule has 1 aliphatic heterocycles. The highest BCUT2D eigenvalue weighted by atomic mass is 32.2. The molecule has 1 aliphatic carbocycles. The van der Waals surface area contributed by atoms with Crippen molar-refractivity contribution in [3.63, 3.8) is 0 Å². The predicted molar refractivity (Wildman–Crippen MR) is 86.8 cm³/mol. The van der Waals surface area contributed by atoms with E-state index >= 15 is 0 Å². The van der Waals surface area contributed by atoms with Crippen LogP contribution in [0.4, 0.5) is 0 Å². The standard InChI is InChI=1S/C16H24N2O4S/c1-11-8-14(12(2)22-11)15(19)18-6-4-16(5-7-18)9-13(10-16)17-23(3,20)21/h8,13,17H,4-7,9-10H2,1-3H3. The van der Waals surface area contributed by atoms with Crippen molar-refractivity contribution in [2.75, 3.05) is 19.3 Å². The van der Waals surface area contributed by atoms with Gasteiger partial charge < -0.3 is 9.32 Å². The number of amides is 1. The van der Waals surface area contributed by atoms with Crippen molar-refractivity contribution >= 4 is 15.9 Å². The fourth-order valence-corrected chi connectivity index (χ4v) is 4.75. The number of hydrogen-bond acceptors (Lipinski definition) is 4. The fourth-order valence-electron chi connectivity index (χ4n) is 3.98. The van der Waals surface area contributed by atoms with Gasteiger partial charge in [0.1, 0.15) is 11.5 Å². The number of aryl methyl sites for hydroxylation is 2. The lowest BCUT2D eigenvalue weighted by atomic mass is 9.60. The van der Waals surface area contributed by atoms with Gasteiger partial charge in [-0.05, 0) is 51.0 Å². The van der Waals surface area contributed by atoms with E-state index in [1.165, 1.54) is 6.26 Å². The molecule has 3 rings (SSSR count). The molecule has 6 nitrogen and oxygen atoms in total. The number of sulfonamides is 1. The smallest absolute Gasteiger partial charge is 0.257 e. The van der Waals surface area contributed by atoms with Gasteiger partial charge in [0, 0.05) is 19.1 Å². The Bertz CT molecular complexity index is 706. The van der Waals surface area contributed by atoms with E-state index < -0.39 is 10.0 Å². The molecular formula is C16H24N2O4S. The molecule has 1 N–H and O–H groups in total. The van der Waals surface area contributed by atoms with Gasteiger partial charge in [0.25, 0.3) is 5.91 Å². The summed E-state index contributed by atoms with van der Waals surface area (Å²) >= 11 is 0. The van der Waals surface area contributed by atoms with E-state index in [9.17, 15) is 13.2 Å². The van der Waals surface area contributed by atoms with Crippen LogP contribution in [0.5, 0.6) is 0 Å². The van der Waals surface area contributed by atoms with Crippen LogP contribution in [0.15, 0.2) is 10.5 Å². The van der Waals surface area contributed by atoms with Crippen molar-refractivity contribution < 1.29 is 17.6 Å². The van der Waals surface area contributed by atoms with E-state index in [1.807, 2.05) is 18.7 Å². The lowest BCUT2D eigenvalue weighted by Crippen LogP contribution is -2.55.